The molecule has 0 aliphatic carbocycles. The van der Waals surface area contributed by atoms with E-state index in [2.05, 4.69) is 0 Å². The molecule has 0 fully saturated rings. The second kappa shape index (κ2) is 4.24. The summed E-state index contributed by atoms with van der Waals surface area (Å²) in [6.45, 7) is 0. The summed E-state index contributed by atoms with van der Waals surface area (Å²) in [7, 11) is 3.05. The molecule has 0 aliphatic rings. The first-order chi connectivity index (χ1) is 6.54. The molecule has 0 saturated carbocycles. The van der Waals surface area contributed by atoms with Crippen LogP contribution in [-0.4, -0.2) is 30.7 Å². The molecule has 0 atom stereocenters. The van der Waals surface area contributed by atoms with E-state index in [-0.39, 0.29) is 5.56 Å². The minimum absolute atomic E-state index is 0.243. The van der Waals surface area contributed by atoms with Gasteiger partial charge in [0.15, 0.2) is 0 Å². The van der Waals surface area contributed by atoms with Gasteiger partial charge in [-0.1, -0.05) is 23.7 Å². The molecule has 0 saturated heterocycles. The fraction of sp³-hybridized carbons (Fsp3) is 0.200. The quantitative estimate of drug-likeness (QED) is 0.551. The van der Waals surface area contributed by atoms with Gasteiger partial charge in [0, 0.05) is 19.7 Å². The number of carbonyl (C=O) groups is 2. The summed E-state index contributed by atoms with van der Waals surface area (Å²) in [5.74, 6) is -1.15. The van der Waals surface area contributed by atoms with Crippen LogP contribution in [0, 0.1) is 0 Å². The summed E-state index contributed by atoms with van der Waals surface area (Å²) < 4.78 is 0. The molecule has 0 unspecified atom stereocenters. The Morgan fingerprint density at radius 2 is 1.79 bits per heavy atom. The predicted molar refractivity (Wildman–Crippen MR) is 54.5 cm³/mol. The fourth-order valence-corrected chi connectivity index (χ4v) is 1.19. The number of benzene rings is 1. The zero-order valence-corrected chi connectivity index (χ0v) is 8.71. The minimum atomic E-state index is -0.583. The van der Waals surface area contributed by atoms with Crippen LogP contribution in [0.25, 0.3) is 0 Å². The SMILES string of the molecule is CN(C)C(=O)C(=O)c1ccccc1Cl. The molecule has 1 aromatic rings. The van der Waals surface area contributed by atoms with Crippen molar-refractivity contribution in [3.63, 3.8) is 0 Å². The van der Waals surface area contributed by atoms with Gasteiger partial charge in [-0.2, -0.15) is 0 Å². The number of hydrogen-bond donors (Lipinski definition) is 0. The highest BCUT2D eigenvalue weighted by Gasteiger charge is 2.19. The maximum atomic E-state index is 11.5. The van der Waals surface area contributed by atoms with E-state index in [0.29, 0.717) is 5.02 Å². The number of carbonyl (C=O) groups excluding carboxylic acids is 2. The molecule has 4 heteroatoms. The molecule has 0 radical (unpaired) electrons. The molecular formula is C10H10ClNO2. The highest BCUT2D eigenvalue weighted by atomic mass is 35.5. The molecule has 0 aliphatic heterocycles. The molecule has 1 aromatic carbocycles. The summed E-state index contributed by atoms with van der Waals surface area (Å²) in [6, 6.07) is 6.49. The molecule has 74 valence electrons. The second-order valence-electron chi connectivity index (χ2n) is 3.01. The van der Waals surface area contributed by atoms with Crippen molar-refractivity contribution in [3.8, 4) is 0 Å². The fourth-order valence-electron chi connectivity index (χ4n) is 0.964. The first-order valence-electron chi connectivity index (χ1n) is 4.04. The Bertz CT molecular complexity index is 374. The number of rotatable bonds is 2. The van der Waals surface area contributed by atoms with Crippen LogP contribution in [0.2, 0.25) is 5.02 Å². The average molecular weight is 212 g/mol. The van der Waals surface area contributed by atoms with E-state index in [1.165, 1.54) is 25.1 Å². The Morgan fingerprint density at radius 3 is 2.29 bits per heavy atom. The number of ketones is 1. The Labute approximate surface area is 87.3 Å². The van der Waals surface area contributed by atoms with Gasteiger partial charge in [-0.15, -0.1) is 0 Å². The average Bonchev–Trinajstić information content (AvgIpc) is 2.16. The van der Waals surface area contributed by atoms with Crippen molar-refractivity contribution < 1.29 is 9.59 Å². The largest absolute Gasteiger partial charge is 0.342 e. The first kappa shape index (κ1) is 10.7. The number of Topliss-reactive ketones (excluding diaryl/α,β-unsaturated/α-hetero) is 1. The standard InChI is InChI=1S/C10H10ClNO2/c1-12(2)10(14)9(13)7-5-3-4-6-8(7)11/h3-6H,1-2H3. The summed E-state index contributed by atoms with van der Waals surface area (Å²) in [6.07, 6.45) is 0. The van der Waals surface area contributed by atoms with Crippen LogP contribution in [0.3, 0.4) is 0 Å². The van der Waals surface area contributed by atoms with Crippen LogP contribution < -0.4 is 0 Å². The van der Waals surface area contributed by atoms with Gasteiger partial charge in [0.25, 0.3) is 11.7 Å². The lowest BCUT2D eigenvalue weighted by atomic mass is 10.1. The third kappa shape index (κ3) is 2.12. The molecule has 0 bridgehead atoms. The van der Waals surface area contributed by atoms with Gasteiger partial charge in [0.05, 0.1) is 5.02 Å². The Kier molecular flexibility index (Phi) is 3.25. The molecule has 3 nitrogen and oxygen atoms in total. The van der Waals surface area contributed by atoms with E-state index in [0.717, 1.165) is 0 Å². The van der Waals surface area contributed by atoms with Crippen LogP contribution in [0.4, 0.5) is 0 Å². The number of hydrogen-bond acceptors (Lipinski definition) is 2. The van der Waals surface area contributed by atoms with E-state index >= 15 is 0 Å². The Morgan fingerprint density at radius 1 is 1.21 bits per heavy atom. The van der Waals surface area contributed by atoms with E-state index in [9.17, 15) is 9.59 Å². The van der Waals surface area contributed by atoms with Crippen LogP contribution in [0.5, 0.6) is 0 Å². The van der Waals surface area contributed by atoms with Crippen LogP contribution in [0.15, 0.2) is 24.3 Å². The van der Waals surface area contributed by atoms with Crippen LogP contribution in [-0.2, 0) is 4.79 Å². The summed E-state index contributed by atoms with van der Waals surface area (Å²) in [5.41, 5.74) is 0.243. The normalized spacial score (nSPS) is 9.64. The van der Waals surface area contributed by atoms with Crippen LogP contribution >= 0.6 is 11.6 Å². The maximum absolute atomic E-state index is 11.5. The molecule has 0 N–H and O–H groups in total. The van der Waals surface area contributed by atoms with Crippen molar-refractivity contribution in [3.05, 3.63) is 34.9 Å². The first-order valence-corrected chi connectivity index (χ1v) is 4.42. The van der Waals surface area contributed by atoms with E-state index in [1.807, 2.05) is 0 Å². The third-order valence-corrected chi connectivity index (χ3v) is 2.05. The predicted octanol–water partition coefficient (Wildman–Crippen LogP) is 1.61. The molecule has 1 amide bonds. The van der Waals surface area contributed by atoms with Crippen LogP contribution in [0.1, 0.15) is 10.4 Å². The zero-order chi connectivity index (χ0) is 10.7. The van der Waals surface area contributed by atoms with E-state index in [1.54, 1.807) is 18.2 Å². The van der Waals surface area contributed by atoms with Crippen molar-refractivity contribution in [2.75, 3.05) is 14.1 Å². The molecule has 0 spiro atoms. The van der Waals surface area contributed by atoms with Gasteiger partial charge in [0.2, 0.25) is 0 Å². The summed E-state index contributed by atoms with van der Waals surface area (Å²) in [5, 5.41) is 0.299. The summed E-state index contributed by atoms with van der Waals surface area (Å²) in [4.78, 5) is 24.1. The monoisotopic (exact) mass is 211 g/mol. The molecule has 1 rings (SSSR count). The second-order valence-corrected chi connectivity index (χ2v) is 3.42. The molecule has 14 heavy (non-hydrogen) atoms. The minimum Gasteiger partial charge on any atom is -0.342 e. The van der Waals surface area contributed by atoms with Gasteiger partial charge in [-0.05, 0) is 12.1 Å². The smallest absolute Gasteiger partial charge is 0.294 e. The van der Waals surface area contributed by atoms with Crippen molar-refractivity contribution in [1.29, 1.82) is 0 Å². The summed E-state index contributed by atoms with van der Waals surface area (Å²) >= 11 is 5.78. The van der Waals surface area contributed by atoms with Crippen molar-refractivity contribution in [2.24, 2.45) is 0 Å². The third-order valence-electron chi connectivity index (χ3n) is 1.72. The lowest BCUT2D eigenvalue weighted by Crippen LogP contribution is -2.29. The number of likely N-dealkylation sites (N-methyl/N-ethyl adjacent to an activating group) is 1. The van der Waals surface area contributed by atoms with Crippen molar-refractivity contribution in [1.82, 2.24) is 4.90 Å². The topological polar surface area (TPSA) is 37.4 Å². The van der Waals surface area contributed by atoms with Gasteiger partial charge in [-0.25, -0.2) is 0 Å². The van der Waals surface area contributed by atoms with Gasteiger partial charge >= 0.3 is 0 Å². The maximum Gasteiger partial charge on any atom is 0.294 e. The van der Waals surface area contributed by atoms with Gasteiger partial charge < -0.3 is 4.90 Å². The lowest BCUT2D eigenvalue weighted by Gasteiger charge is -2.09. The zero-order valence-electron chi connectivity index (χ0n) is 7.95. The van der Waals surface area contributed by atoms with Crippen molar-refractivity contribution in [2.45, 2.75) is 0 Å². The molecular weight excluding hydrogens is 202 g/mol. The Hall–Kier alpha value is -1.35. The highest BCUT2D eigenvalue weighted by Crippen LogP contribution is 2.15. The number of halogens is 1. The lowest BCUT2D eigenvalue weighted by molar-refractivity contribution is -0.124. The van der Waals surface area contributed by atoms with E-state index < -0.39 is 11.7 Å². The number of amides is 1. The Balaban J connectivity index is 3.02. The van der Waals surface area contributed by atoms with Gasteiger partial charge in [-0.3, -0.25) is 9.59 Å². The van der Waals surface area contributed by atoms with Gasteiger partial charge in [0.1, 0.15) is 0 Å². The molecule has 0 heterocycles. The van der Waals surface area contributed by atoms with E-state index in [4.69, 9.17) is 11.6 Å². The van der Waals surface area contributed by atoms with Crippen molar-refractivity contribution >= 4 is 23.3 Å². The highest BCUT2D eigenvalue weighted by molar-refractivity contribution is 6.46. The number of nitrogens with zero attached hydrogens (tertiary/aromatic N) is 1. The molecule has 0 aromatic heterocycles.